The Kier molecular flexibility index (Phi) is 6.06. The van der Waals surface area contributed by atoms with Gasteiger partial charge in [-0.3, -0.25) is 4.98 Å². The van der Waals surface area contributed by atoms with E-state index in [2.05, 4.69) is 96.0 Å². The summed E-state index contributed by atoms with van der Waals surface area (Å²) in [7, 11) is 0. The Morgan fingerprint density at radius 2 is 0.978 bits per heavy atom. The van der Waals surface area contributed by atoms with Crippen molar-refractivity contribution in [3.05, 3.63) is 152 Å². The molecule has 0 aliphatic carbocycles. The third kappa shape index (κ3) is 4.54. The molecule has 0 radical (unpaired) electrons. The maximum atomic E-state index is 5.25. The Labute approximate surface area is 264 Å². The van der Waals surface area contributed by atoms with Gasteiger partial charge < -0.3 is 0 Å². The second-order valence-corrected chi connectivity index (χ2v) is 11.4. The minimum Gasteiger partial charge on any atom is -0.255 e. The molecule has 9 rings (SSSR count). The van der Waals surface area contributed by atoms with E-state index in [-0.39, 0.29) is 0 Å². The molecule has 0 aliphatic heterocycles. The zero-order valence-electron chi connectivity index (χ0n) is 24.7. The molecule has 5 aromatic heterocycles. The van der Waals surface area contributed by atoms with Gasteiger partial charge in [0.2, 0.25) is 0 Å². The van der Waals surface area contributed by atoms with E-state index in [0.29, 0.717) is 0 Å². The van der Waals surface area contributed by atoms with Crippen LogP contribution in [0.15, 0.2) is 152 Å². The normalized spacial score (nSPS) is 11.5. The molecule has 214 valence electrons. The molecule has 0 spiro atoms. The summed E-state index contributed by atoms with van der Waals surface area (Å²) in [4.78, 5) is 25.0. The predicted molar refractivity (Wildman–Crippen MR) is 187 cm³/mol. The second kappa shape index (κ2) is 10.7. The van der Waals surface area contributed by atoms with E-state index < -0.39 is 0 Å². The number of rotatable bonds is 4. The molecule has 9 aromatic rings. The average Bonchev–Trinajstić information content (AvgIpc) is 3.13. The van der Waals surface area contributed by atoms with Crippen molar-refractivity contribution in [1.82, 2.24) is 24.9 Å². The molecular weight excluding hydrogens is 562 g/mol. The topological polar surface area (TPSA) is 64.5 Å². The van der Waals surface area contributed by atoms with Crippen LogP contribution in [0.2, 0.25) is 0 Å². The first-order valence-electron chi connectivity index (χ1n) is 15.3. The summed E-state index contributed by atoms with van der Waals surface area (Å²) < 4.78 is 0. The molecule has 0 aliphatic rings. The van der Waals surface area contributed by atoms with Crippen molar-refractivity contribution in [2.24, 2.45) is 0 Å². The SMILES string of the molecule is c1ccc(-c2cc3ccc(-c4ccccn4)nc3c3nc(-c4cccc(-c5ccc6cc7ccccc7cc6n5)n4)ccc23)cc1. The maximum Gasteiger partial charge on any atom is 0.0979 e. The first-order chi connectivity index (χ1) is 22.8. The minimum absolute atomic E-state index is 0.776. The molecule has 46 heavy (non-hydrogen) atoms. The number of hydrogen-bond acceptors (Lipinski definition) is 5. The molecule has 0 N–H and O–H groups in total. The van der Waals surface area contributed by atoms with Gasteiger partial charge in [0, 0.05) is 22.4 Å². The molecule has 0 fully saturated rings. The smallest absolute Gasteiger partial charge is 0.0979 e. The van der Waals surface area contributed by atoms with Gasteiger partial charge in [-0.15, -0.1) is 0 Å². The van der Waals surface area contributed by atoms with Crippen LogP contribution in [0.25, 0.3) is 88.8 Å². The lowest BCUT2D eigenvalue weighted by Gasteiger charge is -2.13. The predicted octanol–water partition coefficient (Wildman–Crippen LogP) is 9.94. The van der Waals surface area contributed by atoms with Crippen molar-refractivity contribution in [3.63, 3.8) is 0 Å². The standard InChI is InChI=1S/C41H25N5/c1-2-9-26(10-3-1)32-24-30-17-20-36(33-13-6-7-22-42-33)45-40(30)41-31(32)18-21-38(46-41)35-15-8-14-34(43-35)37-19-16-29-23-27-11-4-5-12-28(27)25-39(29)44-37/h1-25H. The Morgan fingerprint density at radius 1 is 0.348 bits per heavy atom. The fourth-order valence-electron chi connectivity index (χ4n) is 6.20. The van der Waals surface area contributed by atoms with Crippen molar-refractivity contribution in [2.45, 2.75) is 0 Å². The largest absolute Gasteiger partial charge is 0.255 e. The highest BCUT2D eigenvalue weighted by Gasteiger charge is 2.15. The van der Waals surface area contributed by atoms with Gasteiger partial charge in [0.1, 0.15) is 0 Å². The van der Waals surface area contributed by atoms with Crippen LogP contribution in [0.4, 0.5) is 0 Å². The molecule has 0 saturated carbocycles. The number of aromatic nitrogens is 5. The summed E-state index contributed by atoms with van der Waals surface area (Å²) in [6, 6.07) is 49.7. The van der Waals surface area contributed by atoms with E-state index in [0.717, 1.165) is 78.0 Å². The van der Waals surface area contributed by atoms with E-state index in [9.17, 15) is 0 Å². The number of fused-ring (bicyclic) bond motifs is 5. The Balaban J connectivity index is 1.20. The van der Waals surface area contributed by atoms with Crippen LogP contribution >= 0.6 is 0 Å². The molecule has 0 unspecified atom stereocenters. The van der Waals surface area contributed by atoms with Gasteiger partial charge in [-0.1, -0.05) is 78.9 Å². The summed E-state index contributed by atoms with van der Waals surface area (Å²) in [5.74, 6) is 0. The van der Waals surface area contributed by atoms with Gasteiger partial charge in [0.15, 0.2) is 0 Å². The van der Waals surface area contributed by atoms with Gasteiger partial charge in [0.25, 0.3) is 0 Å². The quantitative estimate of drug-likeness (QED) is 0.151. The third-order valence-corrected chi connectivity index (χ3v) is 8.48. The summed E-state index contributed by atoms with van der Waals surface area (Å²) in [6.07, 6.45) is 1.79. The first-order valence-corrected chi connectivity index (χ1v) is 15.3. The molecule has 0 atom stereocenters. The van der Waals surface area contributed by atoms with Crippen LogP contribution < -0.4 is 0 Å². The number of nitrogens with zero attached hydrogens (tertiary/aromatic N) is 5. The van der Waals surface area contributed by atoms with Gasteiger partial charge in [-0.25, -0.2) is 19.9 Å². The van der Waals surface area contributed by atoms with Crippen molar-refractivity contribution >= 4 is 43.5 Å². The highest BCUT2D eigenvalue weighted by atomic mass is 14.8. The Morgan fingerprint density at radius 3 is 1.78 bits per heavy atom. The van der Waals surface area contributed by atoms with Crippen LogP contribution in [-0.2, 0) is 0 Å². The molecule has 0 saturated heterocycles. The molecule has 4 aromatic carbocycles. The van der Waals surface area contributed by atoms with Gasteiger partial charge >= 0.3 is 0 Å². The number of pyridine rings is 5. The van der Waals surface area contributed by atoms with Crippen molar-refractivity contribution in [2.75, 3.05) is 0 Å². The highest BCUT2D eigenvalue weighted by molar-refractivity contribution is 6.11. The number of benzene rings is 4. The monoisotopic (exact) mass is 587 g/mol. The van der Waals surface area contributed by atoms with E-state index in [1.54, 1.807) is 6.20 Å². The number of hydrogen-bond donors (Lipinski definition) is 0. The van der Waals surface area contributed by atoms with E-state index in [1.807, 2.05) is 54.6 Å². The molecule has 5 heteroatoms. The average molecular weight is 588 g/mol. The zero-order valence-corrected chi connectivity index (χ0v) is 24.7. The lowest BCUT2D eigenvalue weighted by molar-refractivity contribution is 1.25. The summed E-state index contributed by atoms with van der Waals surface area (Å²) in [5, 5.41) is 5.53. The molecular formula is C41H25N5. The maximum absolute atomic E-state index is 5.25. The molecule has 0 bridgehead atoms. The lowest BCUT2D eigenvalue weighted by atomic mass is 9.97. The van der Waals surface area contributed by atoms with Gasteiger partial charge in [0.05, 0.1) is 50.7 Å². The highest BCUT2D eigenvalue weighted by Crippen LogP contribution is 2.36. The fraction of sp³-hybridized carbons (Fsp3) is 0. The van der Waals surface area contributed by atoms with Crippen LogP contribution in [0, 0.1) is 0 Å². The second-order valence-electron chi connectivity index (χ2n) is 11.4. The van der Waals surface area contributed by atoms with E-state index in [1.165, 1.54) is 10.8 Å². The summed E-state index contributed by atoms with van der Waals surface area (Å²) in [5.41, 5.74) is 9.66. The van der Waals surface area contributed by atoms with Crippen LogP contribution in [-0.4, -0.2) is 24.9 Å². The van der Waals surface area contributed by atoms with Crippen molar-refractivity contribution < 1.29 is 0 Å². The van der Waals surface area contributed by atoms with Crippen molar-refractivity contribution in [3.8, 4) is 45.3 Å². The Bertz CT molecular complexity index is 2580. The minimum atomic E-state index is 0.776. The van der Waals surface area contributed by atoms with Crippen molar-refractivity contribution in [1.29, 1.82) is 0 Å². The fourth-order valence-corrected chi connectivity index (χ4v) is 6.20. The molecule has 5 heterocycles. The van der Waals surface area contributed by atoms with E-state index >= 15 is 0 Å². The summed E-state index contributed by atoms with van der Waals surface area (Å²) in [6.45, 7) is 0. The first kappa shape index (κ1) is 26.1. The third-order valence-electron chi connectivity index (χ3n) is 8.48. The van der Waals surface area contributed by atoms with Gasteiger partial charge in [-0.2, -0.15) is 0 Å². The lowest BCUT2D eigenvalue weighted by Crippen LogP contribution is -1.96. The summed E-state index contributed by atoms with van der Waals surface area (Å²) >= 11 is 0. The van der Waals surface area contributed by atoms with Gasteiger partial charge in [-0.05, 0) is 88.6 Å². The van der Waals surface area contributed by atoms with Crippen LogP contribution in [0.1, 0.15) is 0 Å². The molecule has 0 amide bonds. The van der Waals surface area contributed by atoms with Crippen LogP contribution in [0.5, 0.6) is 0 Å². The van der Waals surface area contributed by atoms with E-state index in [4.69, 9.17) is 19.9 Å². The molecule has 5 nitrogen and oxygen atoms in total. The zero-order chi connectivity index (χ0) is 30.5. The Hall–Kier alpha value is -6.33. The van der Waals surface area contributed by atoms with Crippen LogP contribution in [0.3, 0.4) is 0 Å².